The Morgan fingerprint density at radius 2 is 2.00 bits per heavy atom. The van der Waals surface area contributed by atoms with Gasteiger partial charge in [-0.1, -0.05) is 31.0 Å². The van der Waals surface area contributed by atoms with Gasteiger partial charge in [-0.05, 0) is 38.9 Å². The SMILES string of the molecule is C[C@H](C(=O)NC1CCCC1)N(C)CCOc1ccccc1. The summed E-state index contributed by atoms with van der Waals surface area (Å²) in [6.45, 7) is 3.27. The molecule has 1 aromatic rings. The highest BCUT2D eigenvalue weighted by Gasteiger charge is 2.22. The second kappa shape index (κ2) is 8.03. The molecule has 21 heavy (non-hydrogen) atoms. The van der Waals surface area contributed by atoms with Gasteiger partial charge in [0.2, 0.25) is 5.91 Å². The second-order valence-corrected chi connectivity index (χ2v) is 5.81. The van der Waals surface area contributed by atoms with E-state index in [-0.39, 0.29) is 11.9 Å². The number of likely N-dealkylation sites (N-methyl/N-ethyl adjacent to an activating group) is 1. The predicted molar refractivity (Wildman–Crippen MR) is 84.4 cm³/mol. The number of nitrogens with zero attached hydrogens (tertiary/aromatic N) is 1. The first-order valence-corrected chi connectivity index (χ1v) is 7.85. The van der Waals surface area contributed by atoms with E-state index in [1.165, 1.54) is 12.8 Å². The van der Waals surface area contributed by atoms with E-state index in [0.29, 0.717) is 12.6 Å². The van der Waals surface area contributed by atoms with Gasteiger partial charge in [-0.25, -0.2) is 0 Å². The van der Waals surface area contributed by atoms with Gasteiger partial charge in [0.05, 0.1) is 6.04 Å². The van der Waals surface area contributed by atoms with Crippen molar-refractivity contribution in [1.29, 1.82) is 0 Å². The molecule has 0 heterocycles. The molecular formula is C17H26N2O2. The van der Waals surface area contributed by atoms with E-state index in [2.05, 4.69) is 5.32 Å². The first-order chi connectivity index (χ1) is 10.2. The normalized spacial score (nSPS) is 16.9. The van der Waals surface area contributed by atoms with E-state index in [1.54, 1.807) is 0 Å². The summed E-state index contributed by atoms with van der Waals surface area (Å²) in [5, 5.41) is 3.15. The Morgan fingerprint density at radius 3 is 2.67 bits per heavy atom. The van der Waals surface area contributed by atoms with E-state index < -0.39 is 0 Å². The van der Waals surface area contributed by atoms with Crippen molar-refractivity contribution in [1.82, 2.24) is 10.2 Å². The summed E-state index contributed by atoms with van der Waals surface area (Å²) in [6.07, 6.45) is 4.72. The monoisotopic (exact) mass is 290 g/mol. The Balaban J connectivity index is 1.69. The van der Waals surface area contributed by atoms with Crippen LogP contribution in [0.1, 0.15) is 32.6 Å². The molecule has 0 saturated heterocycles. The van der Waals surface area contributed by atoms with Gasteiger partial charge in [-0.3, -0.25) is 9.69 Å². The van der Waals surface area contributed by atoms with Crippen LogP contribution in [0.3, 0.4) is 0 Å². The summed E-state index contributed by atoms with van der Waals surface area (Å²) in [5.41, 5.74) is 0. The number of hydrogen-bond donors (Lipinski definition) is 1. The van der Waals surface area contributed by atoms with Crippen molar-refractivity contribution >= 4 is 5.91 Å². The fourth-order valence-electron chi connectivity index (χ4n) is 2.61. The molecular weight excluding hydrogens is 264 g/mol. The minimum absolute atomic E-state index is 0.120. The molecule has 4 nitrogen and oxygen atoms in total. The summed E-state index contributed by atoms with van der Waals surface area (Å²) in [4.78, 5) is 14.2. The summed E-state index contributed by atoms with van der Waals surface area (Å²) in [5.74, 6) is 0.998. The predicted octanol–water partition coefficient (Wildman–Crippen LogP) is 2.44. The van der Waals surface area contributed by atoms with Crippen molar-refractivity contribution in [2.24, 2.45) is 0 Å². The first kappa shape index (κ1) is 15.8. The molecule has 0 radical (unpaired) electrons. The van der Waals surface area contributed by atoms with E-state index >= 15 is 0 Å². The summed E-state index contributed by atoms with van der Waals surface area (Å²) in [6, 6.07) is 10.0. The van der Waals surface area contributed by atoms with Crippen molar-refractivity contribution in [3.8, 4) is 5.75 Å². The smallest absolute Gasteiger partial charge is 0.237 e. The number of rotatable bonds is 7. The molecule has 2 rings (SSSR count). The van der Waals surface area contributed by atoms with Gasteiger partial charge in [0.15, 0.2) is 0 Å². The van der Waals surface area contributed by atoms with Crippen LogP contribution in [0.25, 0.3) is 0 Å². The molecule has 1 fully saturated rings. The summed E-state index contributed by atoms with van der Waals surface area (Å²) in [7, 11) is 1.97. The van der Waals surface area contributed by atoms with E-state index in [4.69, 9.17) is 4.74 Å². The Labute approximate surface area is 127 Å². The van der Waals surface area contributed by atoms with Crippen molar-refractivity contribution in [3.05, 3.63) is 30.3 Å². The topological polar surface area (TPSA) is 41.6 Å². The molecule has 1 atom stereocenters. The van der Waals surface area contributed by atoms with Gasteiger partial charge >= 0.3 is 0 Å². The highest BCUT2D eigenvalue weighted by atomic mass is 16.5. The van der Waals surface area contributed by atoms with Crippen LogP contribution in [0.4, 0.5) is 0 Å². The fourth-order valence-corrected chi connectivity index (χ4v) is 2.61. The lowest BCUT2D eigenvalue weighted by atomic mass is 10.2. The van der Waals surface area contributed by atoms with Crippen LogP contribution in [0, 0.1) is 0 Å². The van der Waals surface area contributed by atoms with Crippen molar-refractivity contribution < 1.29 is 9.53 Å². The van der Waals surface area contributed by atoms with Gasteiger partial charge in [0, 0.05) is 12.6 Å². The maximum atomic E-state index is 12.2. The third kappa shape index (κ3) is 5.05. The maximum Gasteiger partial charge on any atom is 0.237 e. The molecule has 1 aliphatic carbocycles. The molecule has 116 valence electrons. The minimum Gasteiger partial charge on any atom is -0.492 e. The van der Waals surface area contributed by atoms with E-state index in [1.807, 2.05) is 49.2 Å². The van der Waals surface area contributed by atoms with Crippen molar-refractivity contribution in [2.45, 2.75) is 44.7 Å². The average Bonchev–Trinajstić information content (AvgIpc) is 3.00. The highest BCUT2D eigenvalue weighted by Crippen LogP contribution is 2.17. The highest BCUT2D eigenvalue weighted by molar-refractivity contribution is 5.81. The largest absolute Gasteiger partial charge is 0.492 e. The quantitative estimate of drug-likeness (QED) is 0.838. The summed E-state index contributed by atoms with van der Waals surface area (Å²) >= 11 is 0. The molecule has 0 aliphatic heterocycles. The van der Waals surface area contributed by atoms with Crippen LogP contribution >= 0.6 is 0 Å². The number of nitrogens with one attached hydrogen (secondary N) is 1. The Morgan fingerprint density at radius 1 is 1.33 bits per heavy atom. The van der Waals surface area contributed by atoms with Crippen molar-refractivity contribution in [3.63, 3.8) is 0 Å². The number of benzene rings is 1. The zero-order chi connectivity index (χ0) is 15.1. The number of amides is 1. The Kier molecular flexibility index (Phi) is 6.05. The molecule has 1 aliphatic rings. The lowest BCUT2D eigenvalue weighted by molar-refractivity contribution is -0.126. The average molecular weight is 290 g/mol. The lowest BCUT2D eigenvalue weighted by Gasteiger charge is -2.25. The molecule has 0 spiro atoms. The number of ether oxygens (including phenoxy) is 1. The van der Waals surface area contributed by atoms with E-state index in [0.717, 1.165) is 25.1 Å². The van der Waals surface area contributed by atoms with E-state index in [9.17, 15) is 4.79 Å². The molecule has 1 saturated carbocycles. The van der Waals surface area contributed by atoms with Crippen LogP contribution in [0.15, 0.2) is 30.3 Å². The van der Waals surface area contributed by atoms with Crippen molar-refractivity contribution in [2.75, 3.05) is 20.2 Å². The van der Waals surface area contributed by atoms with Crippen LogP contribution in [-0.2, 0) is 4.79 Å². The fraction of sp³-hybridized carbons (Fsp3) is 0.588. The molecule has 0 unspecified atom stereocenters. The van der Waals surface area contributed by atoms with Gasteiger partial charge in [-0.15, -0.1) is 0 Å². The van der Waals surface area contributed by atoms with Gasteiger partial charge in [0.25, 0.3) is 0 Å². The number of carbonyl (C=O) groups is 1. The lowest BCUT2D eigenvalue weighted by Crippen LogP contribution is -2.47. The van der Waals surface area contributed by atoms with Crippen LogP contribution in [-0.4, -0.2) is 43.1 Å². The van der Waals surface area contributed by atoms with Crippen LogP contribution in [0.5, 0.6) is 5.75 Å². The van der Waals surface area contributed by atoms with Gasteiger partial charge < -0.3 is 10.1 Å². The molecule has 4 heteroatoms. The molecule has 0 bridgehead atoms. The standard InChI is InChI=1S/C17H26N2O2/c1-14(17(20)18-15-8-6-7-9-15)19(2)12-13-21-16-10-4-3-5-11-16/h3-5,10-11,14-15H,6-9,12-13H2,1-2H3,(H,18,20)/t14-/m1/s1. The summed E-state index contributed by atoms with van der Waals surface area (Å²) < 4.78 is 5.67. The van der Waals surface area contributed by atoms with Gasteiger partial charge in [0.1, 0.15) is 12.4 Å². The molecule has 1 N–H and O–H groups in total. The second-order valence-electron chi connectivity index (χ2n) is 5.81. The number of carbonyl (C=O) groups excluding carboxylic acids is 1. The third-order valence-electron chi connectivity index (χ3n) is 4.20. The van der Waals surface area contributed by atoms with Crippen LogP contribution in [0.2, 0.25) is 0 Å². The Hall–Kier alpha value is -1.55. The van der Waals surface area contributed by atoms with Gasteiger partial charge in [-0.2, -0.15) is 0 Å². The molecule has 1 aromatic carbocycles. The van der Waals surface area contributed by atoms with Crippen LogP contribution < -0.4 is 10.1 Å². The zero-order valence-corrected chi connectivity index (χ0v) is 13.0. The minimum atomic E-state index is -0.120. The maximum absolute atomic E-state index is 12.2. The molecule has 0 aromatic heterocycles. The third-order valence-corrected chi connectivity index (χ3v) is 4.20. The number of hydrogen-bond acceptors (Lipinski definition) is 3. The number of para-hydroxylation sites is 1. The first-order valence-electron chi connectivity index (χ1n) is 7.85. The zero-order valence-electron chi connectivity index (χ0n) is 13.0. The Bertz CT molecular complexity index is 430. The molecule has 1 amide bonds.